The van der Waals surface area contributed by atoms with E-state index in [2.05, 4.69) is 5.32 Å². The van der Waals surface area contributed by atoms with E-state index in [1.807, 2.05) is 0 Å². The monoisotopic (exact) mass is 303 g/mol. The number of phenols is 1. The third-order valence-electron chi connectivity index (χ3n) is 2.50. The summed E-state index contributed by atoms with van der Waals surface area (Å²) in [7, 11) is 0. The van der Waals surface area contributed by atoms with Gasteiger partial charge in [0.15, 0.2) is 17.4 Å². The molecule has 2 rings (SSSR count). The maximum Gasteiger partial charge on any atom is 0.159 e. The van der Waals surface area contributed by atoms with Crippen LogP contribution in [0.25, 0.3) is 0 Å². The molecule has 6 heteroatoms. The van der Waals surface area contributed by atoms with Crippen LogP contribution in [0.2, 0.25) is 10.0 Å². The lowest BCUT2D eigenvalue weighted by Gasteiger charge is -2.09. The molecule has 0 amide bonds. The molecule has 2 aromatic carbocycles. The Morgan fingerprint density at radius 1 is 1.00 bits per heavy atom. The molecule has 0 radical (unpaired) electrons. The molecule has 0 aromatic heterocycles. The molecule has 19 heavy (non-hydrogen) atoms. The molecule has 2 N–H and O–H groups in total. The summed E-state index contributed by atoms with van der Waals surface area (Å²) in [6, 6.07) is 6.61. The average Bonchev–Trinajstić information content (AvgIpc) is 2.37. The summed E-state index contributed by atoms with van der Waals surface area (Å²) < 4.78 is 25.8. The first-order valence-electron chi connectivity index (χ1n) is 5.33. The molecule has 0 aliphatic rings. The van der Waals surface area contributed by atoms with Crippen LogP contribution in [0.15, 0.2) is 30.3 Å². The van der Waals surface area contributed by atoms with Crippen LogP contribution in [0.5, 0.6) is 5.75 Å². The lowest BCUT2D eigenvalue weighted by atomic mass is 10.2. The van der Waals surface area contributed by atoms with Crippen molar-refractivity contribution in [2.24, 2.45) is 0 Å². The highest BCUT2D eigenvalue weighted by Gasteiger charge is 2.07. The van der Waals surface area contributed by atoms with E-state index in [9.17, 15) is 13.9 Å². The van der Waals surface area contributed by atoms with E-state index in [4.69, 9.17) is 23.2 Å². The van der Waals surface area contributed by atoms with E-state index in [0.29, 0.717) is 11.3 Å². The Balaban J connectivity index is 2.12. The van der Waals surface area contributed by atoms with Gasteiger partial charge in [-0.1, -0.05) is 29.3 Å². The van der Waals surface area contributed by atoms with Gasteiger partial charge < -0.3 is 10.4 Å². The Morgan fingerprint density at radius 3 is 2.21 bits per heavy atom. The van der Waals surface area contributed by atoms with E-state index < -0.39 is 11.6 Å². The fourth-order valence-corrected chi connectivity index (χ4v) is 2.01. The second-order valence-electron chi connectivity index (χ2n) is 3.89. The SMILES string of the molecule is Oc1c(Cl)cc(NCc2ccc(F)c(F)c2)cc1Cl. The number of nitrogens with one attached hydrogen (secondary N) is 1. The third kappa shape index (κ3) is 3.28. The highest BCUT2D eigenvalue weighted by Crippen LogP contribution is 2.34. The molecule has 0 fully saturated rings. The van der Waals surface area contributed by atoms with Gasteiger partial charge in [-0.05, 0) is 29.8 Å². The maximum atomic E-state index is 13.0. The van der Waals surface area contributed by atoms with Gasteiger partial charge >= 0.3 is 0 Å². The summed E-state index contributed by atoms with van der Waals surface area (Å²) >= 11 is 11.5. The van der Waals surface area contributed by atoms with Gasteiger partial charge in [0, 0.05) is 12.2 Å². The lowest BCUT2D eigenvalue weighted by Crippen LogP contribution is -2.00. The van der Waals surface area contributed by atoms with Crippen molar-refractivity contribution < 1.29 is 13.9 Å². The summed E-state index contributed by atoms with van der Waals surface area (Å²) in [6.07, 6.45) is 0. The molecule has 2 nitrogen and oxygen atoms in total. The van der Waals surface area contributed by atoms with Crippen LogP contribution in [0.1, 0.15) is 5.56 Å². The lowest BCUT2D eigenvalue weighted by molar-refractivity contribution is 0.476. The van der Waals surface area contributed by atoms with Crippen molar-refractivity contribution in [3.05, 3.63) is 57.6 Å². The van der Waals surface area contributed by atoms with Crippen molar-refractivity contribution >= 4 is 28.9 Å². The number of hydrogen-bond acceptors (Lipinski definition) is 2. The summed E-state index contributed by atoms with van der Waals surface area (Å²) in [6.45, 7) is 0.272. The number of anilines is 1. The standard InChI is InChI=1S/C13H9Cl2F2NO/c14-9-4-8(5-10(15)13(9)19)18-6-7-1-2-11(16)12(17)3-7/h1-5,18-19H,6H2. The van der Waals surface area contributed by atoms with E-state index in [1.54, 1.807) is 0 Å². The Kier molecular flexibility index (Phi) is 4.12. The Morgan fingerprint density at radius 2 is 1.63 bits per heavy atom. The van der Waals surface area contributed by atoms with Crippen molar-refractivity contribution in [3.63, 3.8) is 0 Å². The molecule has 0 bridgehead atoms. The molecule has 0 spiro atoms. The van der Waals surface area contributed by atoms with Crippen LogP contribution >= 0.6 is 23.2 Å². The maximum absolute atomic E-state index is 13.0. The molecule has 0 unspecified atom stereocenters. The van der Waals surface area contributed by atoms with Crippen molar-refractivity contribution in [1.29, 1.82) is 0 Å². The summed E-state index contributed by atoms with van der Waals surface area (Å²) in [5.41, 5.74) is 1.14. The fourth-order valence-electron chi connectivity index (χ4n) is 1.52. The minimum Gasteiger partial charge on any atom is -0.505 e. The van der Waals surface area contributed by atoms with E-state index in [1.165, 1.54) is 18.2 Å². The van der Waals surface area contributed by atoms with Gasteiger partial charge in [-0.25, -0.2) is 8.78 Å². The summed E-state index contributed by atoms with van der Waals surface area (Å²) in [5.74, 6) is -1.98. The van der Waals surface area contributed by atoms with Crippen molar-refractivity contribution in [2.75, 3.05) is 5.32 Å². The van der Waals surface area contributed by atoms with Gasteiger partial charge in [0.25, 0.3) is 0 Å². The molecular weight excluding hydrogens is 295 g/mol. The molecule has 2 aromatic rings. The van der Waals surface area contributed by atoms with Crippen LogP contribution < -0.4 is 5.32 Å². The molecule has 0 atom stereocenters. The summed E-state index contributed by atoms with van der Waals surface area (Å²) in [4.78, 5) is 0. The van der Waals surface area contributed by atoms with Crippen LogP contribution in [-0.2, 0) is 6.54 Å². The summed E-state index contributed by atoms with van der Waals surface area (Å²) in [5, 5.41) is 12.6. The second-order valence-corrected chi connectivity index (χ2v) is 4.70. The fraction of sp³-hybridized carbons (Fsp3) is 0.0769. The number of hydrogen-bond donors (Lipinski definition) is 2. The molecule has 0 aliphatic carbocycles. The number of aromatic hydroxyl groups is 1. The van der Waals surface area contributed by atoms with Crippen molar-refractivity contribution in [3.8, 4) is 5.75 Å². The second kappa shape index (κ2) is 5.63. The molecule has 100 valence electrons. The minimum atomic E-state index is -0.902. The van der Waals surface area contributed by atoms with Gasteiger partial charge in [0.2, 0.25) is 0 Å². The van der Waals surface area contributed by atoms with Crippen molar-refractivity contribution in [2.45, 2.75) is 6.54 Å². The minimum absolute atomic E-state index is 0.111. The topological polar surface area (TPSA) is 32.3 Å². The normalized spacial score (nSPS) is 10.5. The highest BCUT2D eigenvalue weighted by atomic mass is 35.5. The Labute approximate surface area is 118 Å². The van der Waals surface area contributed by atoms with Crippen molar-refractivity contribution in [1.82, 2.24) is 0 Å². The third-order valence-corrected chi connectivity index (χ3v) is 3.07. The van der Waals surface area contributed by atoms with E-state index >= 15 is 0 Å². The van der Waals surface area contributed by atoms with Gasteiger partial charge in [-0.15, -0.1) is 0 Å². The quantitative estimate of drug-likeness (QED) is 0.813. The zero-order chi connectivity index (χ0) is 14.0. The molecule has 0 heterocycles. The molecule has 0 aliphatic heterocycles. The highest BCUT2D eigenvalue weighted by molar-refractivity contribution is 6.37. The van der Waals surface area contributed by atoms with Crippen LogP contribution in [0, 0.1) is 11.6 Å². The predicted molar refractivity (Wildman–Crippen MR) is 71.8 cm³/mol. The van der Waals surface area contributed by atoms with Gasteiger partial charge in [-0.3, -0.25) is 0 Å². The van der Waals surface area contributed by atoms with Gasteiger partial charge in [0.05, 0.1) is 10.0 Å². The van der Waals surface area contributed by atoms with Gasteiger partial charge in [-0.2, -0.15) is 0 Å². The number of rotatable bonds is 3. The molecular formula is C13H9Cl2F2NO. The van der Waals surface area contributed by atoms with Crippen LogP contribution in [0.3, 0.4) is 0 Å². The van der Waals surface area contributed by atoms with Crippen LogP contribution in [0.4, 0.5) is 14.5 Å². The first-order chi connectivity index (χ1) is 8.97. The van der Waals surface area contributed by atoms with E-state index in [-0.39, 0.29) is 22.3 Å². The van der Waals surface area contributed by atoms with Crippen LogP contribution in [-0.4, -0.2) is 5.11 Å². The molecule has 0 saturated heterocycles. The Bertz CT molecular complexity index is 597. The number of phenolic OH excluding ortho intramolecular Hbond substituents is 1. The first-order valence-corrected chi connectivity index (χ1v) is 6.09. The first kappa shape index (κ1) is 13.9. The molecule has 0 saturated carbocycles. The van der Waals surface area contributed by atoms with Gasteiger partial charge in [0.1, 0.15) is 0 Å². The average molecular weight is 304 g/mol. The number of benzene rings is 2. The zero-order valence-corrected chi connectivity index (χ0v) is 11.1. The number of halogens is 4. The smallest absolute Gasteiger partial charge is 0.159 e. The predicted octanol–water partition coefficient (Wildman–Crippen LogP) is 4.59. The largest absolute Gasteiger partial charge is 0.505 e. The van der Waals surface area contributed by atoms with E-state index in [0.717, 1.165) is 12.1 Å². The Hall–Kier alpha value is -1.52. The zero-order valence-electron chi connectivity index (χ0n) is 9.55.